The van der Waals surface area contributed by atoms with Gasteiger partial charge in [-0.25, -0.2) is 0 Å². The predicted octanol–water partition coefficient (Wildman–Crippen LogP) is 2.49. The number of nitrogens with one attached hydrogen (secondary N) is 2. The van der Waals surface area contributed by atoms with Gasteiger partial charge in [-0.15, -0.1) is 0 Å². The van der Waals surface area contributed by atoms with Crippen LogP contribution in [-0.2, 0) is 16.0 Å². The third-order valence-electron chi connectivity index (χ3n) is 4.47. The Kier molecular flexibility index (Phi) is 7.22. The van der Waals surface area contributed by atoms with Gasteiger partial charge in [0, 0.05) is 44.9 Å². The molecule has 6 nitrogen and oxygen atoms in total. The molecule has 3 rings (SSSR count). The van der Waals surface area contributed by atoms with Gasteiger partial charge in [-0.2, -0.15) is 0 Å². The quantitative estimate of drug-likeness (QED) is 0.432. The SMILES string of the molecule is CN=C(NCCCOCC1CCCO1)NCc1cccc2cccnc12. The zero-order valence-corrected chi connectivity index (χ0v) is 15.4. The van der Waals surface area contributed by atoms with Crippen LogP contribution >= 0.6 is 0 Å². The van der Waals surface area contributed by atoms with Crippen molar-refractivity contribution in [3.63, 3.8) is 0 Å². The molecule has 1 aromatic carbocycles. The minimum absolute atomic E-state index is 0.298. The van der Waals surface area contributed by atoms with E-state index in [9.17, 15) is 0 Å². The van der Waals surface area contributed by atoms with Crippen molar-refractivity contribution in [2.75, 3.05) is 33.4 Å². The normalized spacial score (nSPS) is 17.6. The molecule has 2 aromatic rings. The standard InChI is InChI=1S/C20H28N4O2/c1-21-20(23-11-5-12-25-15-18-9-4-13-26-18)24-14-17-7-2-6-16-8-3-10-22-19(16)17/h2-3,6-8,10,18H,4-5,9,11-15H2,1H3,(H2,21,23,24). The van der Waals surface area contributed by atoms with Crippen molar-refractivity contribution in [3.8, 4) is 0 Å². The zero-order valence-electron chi connectivity index (χ0n) is 15.4. The number of fused-ring (bicyclic) bond motifs is 1. The van der Waals surface area contributed by atoms with Crippen molar-refractivity contribution in [2.45, 2.75) is 31.9 Å². The first-order valence-electron chi connectivity index (χ1n) is 9.33. The van der Waals surface area contributed by atoms with Gasteiger partial charge in [-0.05, 0) is 30.9 Å². The number of ether oxygens (including phenoxy) is 2. The van der Waals surface area contributed by atoms with Gasteiger partial charge in [0.15, 0.2) is 5.96 Å². The molecule has 140 valence electrons. The molecule has 0 saturated carbocycles. The molecule has 1 unspecified atom stereocenters. The molecule has 0 aliphatic carbocycles. The summed E-state index contributed by atoms with van der Waals surface area (Å²) in [6.45, 7) is 3.82. The highest BCUT2D eigenvalue weighted by atomic mass is 16.5. The van der Waals surface area contributed by atoms with Crippen LogP contribution in [0.1, 0.15) is 24.8 Å². The van der Waals surface area contributed by atoms with Crippen LogP contribution in [0.5, 0.6) is 0 Å². The Morgan fingerprint density at radius 2 is 2.23 bits per heavy atom. The molecule has 0 spiro atoms. The number of para-hydroxylation sites is 1. The highest BCUT2D eigenvalue weighted by Crippen LogP contribution is 2.15. The molecule has 0 bridgehead atoms. The summed E-state index contributed by atoms with van der Waals surface area (Å²) >= 11 is 0. The maximum absolute atomic E-state index is 5.68. The molecule has 2 N–H and O–H groups in total. The van der Waals surface area contributed by atoms with E-state index in [0.717, 1.165) is 61.4 Å². The fourth-order valence-electron chi connectivity index (χ4n) is 3.08. The van der Waals surface area contributed by atoms with Crippen molar-refractivity contribution >= 4 is 16.9 Å². The van der Waals surface area contributed by atoms with Crippen molar-refractivity contribution in [3.05, 3.63) is 42.1 Å². The van der Waals surface area contributed by atoms with E-state index in [1.807, 2.05) is 12.3 Å². The third-order valence-corrected chi connectivity index (χ3v) is 4.47. The summed E-state index contributed by atoms with van der Waals surface area (Å²) in [7, 11) is 1.78. The lowest BCUT2D eigenvalue weighted by Gasteiger charge is -2.13. The maximum atomic E-state index is 5.68. The van der Waals surface area contributed by atoms with Gasteiger partial charge in [0.25, 0.3) is 0 Å². The fourth-order valence-corrected chi connectivity index (χ4v) is 3.08. The average molecular weight is 356 g/mol. The van der Waals surface area contributed by atoms with Crippen LogP contribution in [0.25, 0.3) is 10.9 Å². The summed E-state index contributed by atoms with van der Waals surface area (Å²) in [6.07, 6.45) is 5.34. The Morgan fingerprint density at radius 1 is 1.31 bits per heavy atom. The predicted molar refractivity (Wildman–Crippen MR) is 104 cm³/mol. The topological polar surface area (TPSA) is 67.8 Å². The van der Waals surface area contributed by atoms with Gasteiger partial charge in [-0.1, -0.05) is 24.3 Å². The monoisotopic (exact) mass is 356 g/mol. The van der Waals surface area contributed by atoms with Gasteiger partial charge >= 0.3 is 0 Å². The largest absolute Gasteiger partial charge is 0.379 e. The van der Waals surface area contributed by atoms with Crippen LogP contribution in [0.2, 0.25) is 0 Å². The highest BCUT2D eigenvalue weighted by molar-refractivity contribution is 5.83. The van der Waals surface area contributed by atoms with Gasteiger partial charge in [-0.3, -0.25) is 9.98 Å². The van der Waals surface area contributed by atoms with Crippen LogP contribution < -0.4 is 10.6 Å². The Labute approximate surface area is 155 Å². The van der Waals surface area contributed by atoms with Gasteiger partial charge in [0.2, 0.25) is 0 Å². The highest BCUT2D eigenvalue weighted by Gasteiger charge is 2.14. The van der Waals surface area contributed by atoms with Crippen LogP contribution in [-0.4, -0.2) is 50.5 Å². The Bertz CT molecular complexity index is 709. The smallest absolute Gasteiger partial charge is 0.191 e. The number of pyridine rings is 1. The number of benzene rings is 1. The van der Waals surface area contributed by atoms with E-state index in [4.69, 9.17) is 9.47 Å². The minimum atomic E-state index is 0.298. The molecule has 0 amide bonds. The van der Waals surface area contributed by atoms with Gasteiger partial charge < -0.3 is 20.1 Å². The van der Waals surface area contributed by atoms with E-state index in [2.05, 4.69) is 44.9 Å². The van der Waals surface area contributed by atoms with Gasteiger partial charge in [0.1, 0.15) is 0 Å². The van der Waals surface area contributed by atoms with E-state index < -0.39 is 0 Å². The summed E-state index contributed by atoms with van der Waals surface area (Å²) in [5.41, 5.74) is 2.19. The molecular formula is C20H28N4O2. The fraction of sp³-hybridized carbons (Fsp3) is 0.500. The number of nitrogens with zero attached hydrogens (tertiary/aromatic N) is 2. The minimum Gasteiger partial charge on any atom is -0.379 e. The van der Waals surface area contributed by atoms with Crippen molar-refractivity contribution in [1.29, 1.82) is 0 Å². The average Bonchev–Trinajstić information content (AvgIpc) is 3.20. The number of hydrogen-bond acceptors (Lipinski definition) is 4. The number of guanidine groups is 1. The second-order valence-electron chi connectivity index (χ2n) is 6.41. The molecule has 1 saturated heterocycles. The second-order valence-corrected chi connectivity index (χ2v) is 6.41. The van der Waals surface area contributed by atoms with Crippen LogP contribution in [0, 0.1) is 0 Å². The zero-order chi connectivity index (χ0) is 18.0. The van der Waals surface area contributed by atoms with E-state index in [0.29, 0.717) is 19.3 Å². The van der Waals surface area contributed by atoms with Crippen LogP contribution in [0.3, 0.4) is 0 Å². The molecule has 0 radical (unpaired) electrons. The number of aromatic nitrogens is 1. The number of hydrogen-bond donors (Lipinski definition) is 2. The molecule has 1 aromatic heterocycles. The molecule has 2 heterocycles. The Morgan fingerprint density at radius 3 is 3.08 bits per heavy atom. The summed E-state index contributed by atoms with van der Waals surface area (Å²) in [4.78, 5) is 8.76. The number of rotatable bonds is 8. The second kappa shape index (κ2) is 10.1. The summed E-state index contributed by atoms with van der Waals surface area (Å²) in [5, 5.41) is 7.83. The van der Waals surface area contributed by atoms with Gasteiger partial charge in [0.05, 0.1) is 18.2 Å². The van der Waals surface area contributed by atoms with Crippen molar-refractivity contribution in [2.24, 2.45) is 4.99 Å². The molecule has 1 atom stereocenters. The van der Waals surface area contributed by atoms with Crippen LogP contribution in [0.4, 0.5) is 0 Å². The molecule has 1 aliphatic rings. The third kappa shape index (κ3) is 5.41. The summed E-state index contributed by atoms with van der Waals surface area (Å²) in [6, 6.07) is 10.3. The van der Waals surface area contributed by atoms with E-state index in [1.54, 1.807) is 7.05 Å². The molecule has 1 fully saturated rings. The first-order valence-corrected chi connectivity index (χ1v) is 9.33. The van der Waals surface area contributed by atoms with Crippen molar-refractivity contribution in [1.82, 2.24) is 15.6 Å². The lowest BCUT2D eigenvalue weighted by Crippen LogP contribution is -2.37. The molecule has 1 aliphatic heterocycles. The molecular weight excluding hydrogens is 328 g/mol. The lowest BCUT2D eigenvalue weighted by atomic mass is 10.1. The first-order chi connectivity index (χ1) is 12.9. The maximum Gasteiger partial charge on any atom is 0.191 e. The lowest BCUT2D eigenvalue weighted by molar-refractivity contribution is 0.0168. The van der Waals surface area contributed by atoms with Crippen molar-refractivity contribution < 1.29 is 9.47 Å². The Hall–Kier alpha value is -2.18. The van der Waals surface area contributed by atoms with E-state index in [1.165, 1.54) is 0 Å². The summed E-state index contributed by atoms with van der Waals surface area (Å²) in [5.74, 6) is 0.789. The van der Waals surface area contributed by atoms with E-state index in [-0.39, 0.29) is 0 Å². The summed E-state index contributed by atoms with van der Waals surface area (Å²) < 4.78 is 11.2. The Balaban J connectivity index is 1.36. The number of aliphatic imine (C=N–C) groups is 1. The van der Waals surface area contributed by atoms with Crippen LogP contribution in [0.15, 0.2) is 41.5 Å². The first kappa shape index (κ1) is 18.6. The van der Waals surface area contributed by atoms with E-state index >= 15 is 0 Å². The molecule has 26 heavy (non-hydrogen) atoms. The molecule has 6 heteroatoms.